The number of rotatable bonds is 8. The standard InChI is InChI=1S/C19H22BrN3O4/c1-12(22-15-7-5-14(20)6-8-15)19(24)23-21-11-13-9-16(25-2)18(27-4)17(10-13)26-3/h5-12,22H,1-4H3,(H,23,24). The van der Waals surface area contributed by atoms with Crippen LogP contribution in [-0.2, 0) is 4.79 Å². The monoisotopic (exact) mass is 435 g/mol. The van der Waals surface area contributed by atoms with Gasteiger partial charge in [-0.15, -0.1) is 0 Å². The van der Waals surface area contributed by atoms with Crippen LogP contribution in [0.4, 0.5) is 5.69 Å². The maximum Gasteiger partial charge on any atom is 0.262 e. The van der Waals surface area contributed by atoms with Crippen LogP contribution >= 0.6 is 15.9 Å². The molecule has 0 saturated carbocycles. The van der Waals surface area contributed by atoms with Crippen LogP contribution in [0.2, 0.25) is 0 Å². The van der Waals surface area contributed by atoms with Crippen LogP contribution in [0.1, 0.15) is 12.5 Å². The smallest absolute Gasteiger partial charge is 0.262 e. The number of carbonyl (C=O) groups excluding carboxylic acids is 1. The quantitative estimate of drug-likeness (QED) is 0.490. The van der Waals surface area contributed by atoms with Crippen LogP contribution < -0.4 is 25.0 Å². The number of benzene rings is 2. The van der Waals surface area contributed by atoms with E-state index in [2.05, 4.69) is 31.8 Å². The molecule has 2 rings (SSSR count). The third-order valence-electron chi connectivity index (χ3n) is 3.70. The summed E-state index contributed by atoms with van der Waals surface area (Å²) in [7, 11) is 4.61. The molecule has 7 nitrogen and oxygen atoms in total. The largest absolute Gasteiger partial charge is 0.493 e. The van der Waals surface area contributed by atoms with E-state index >= 15 is 0 Å². The number of hydrogen-bond acceptors (Lipinski definition) is 6. The summed E-state index contributed by atoms with van der Waals surface area (Å²) in [5, 5.41) is 7.11. The molecule has 0 bridgehead atoms. The summed E-state index contributed by atoms with van der Waals surface area (Å²) < 4.78 is 16.8. The van der Waals surface area contributed by atoms with E-state index in [4.69, 9.17) is 14.2 Å². The Hall–Kier alpha value is -2.74. The van der Waals surface area contributed by atoms with Crippen LogP contribution in [0.25, 0.3) is 0 Å². The van der Waals surface area contributed by atoms with Gasteiger partial charge < -0.3 is 19.5 Å². The molecule has 27 heavy (non-hydrogen) atoms. The molecule has 0 aromatic heterocycles. The molecule has 0 aliphatic rings. The van der Waals surface area contributed by atoms with Crippen molar-refractivity contribution in [1.82, 2.24) is 5.43 Å². The fourth-order valence-electron chi connectivity index (χ4n) is 2.30. The van der Waals surface area contributed by atoms with Gasteiger partial charge in [-0.2, -0.15) is 5.10 Å². The fraction of sp³-hybridized carbons (Fsp3) is 0.263. The number of carbonyl (C=O) groups is 1. The zero-order valence-corrected chi connectivity index (χ0v) is 17.2. The zero-order valence-electron chi connectivity index (χ0n) is 15.6. The molecule has 1 amide bonds. The van der Waals surface area contributed by atoms with Crippen molar-refractivity contribution in [2.75, 3.05) is 26.6 Å². The Morgan fingerprint density at radius 1 is 1.07 bits per heavy atom. The molecule has 144 valence electrons. The van der Waals surface area contributed by atoms with Gasteiger partial charge in [-0.05, 0) is 43.3 Å². The van der Waals surface area contributed by atoms with Gasteiger partial charge in [-0.3, -0.25) is 4.79 Å². The number of hydrazone groups is 1. The average Bonchev–Trinajstić information content (AvgIpc) is 2.68. The van der Waals surface area contributed by atoms with Crippen LogP contribution in [0, 0.1) is 0 Å². The first-order valence-electron chi connectivity index (χ1n) is 8.13. The Kier molecular flexibility index (Phi) is 7.48. The molecule has 2 aromatic rings. The number of ether oxygens (including phenoxy) is 3. The SMILES string of the molecule is COc1cc(C=NNC(=O)C(C)Nc2ccc(Br)cc2)cc(OC)c1OC. The zero-order chi connectivity index (χ0) is 19.8. The van der Waals surface area contributed by atoms with Crippen LogP contribution in [0.3, 0.4) is 0 Å². The van der Waals surface area contributed by atoms with Gasteiger partial charge in [0.05, 0.1) is 27.5 Å². The van der Waals surface area contributed by atoms with Gasteiger partial charge in [0.1, 0.15) is 6.04 Å². The number of halogens is 1. The third-order valence-corrected chi connectivity index (χ3v) is 4.22. The van der Waals surface area contributed by atoms with E-state index in [-0.39, 0.29) is 5.91 Å². The predicted octanol–water partition coefficient (Wildman–Crippen LogP) is 3.43. The lowest BCUT2D eigenvalue weighted by atomic mass is 10.2. The van der Waals surface area contributed by atoms with Crippen molar-refractivity contribution < 1.29 is 19.0 Å². The van der Waals surface area contributed by atoms with Gasteiger partial charge in [0.25, 0.3) is 5.91 Å². The second-order valence-corrected chi connectivity index (χ2v) is 6.48. The molecule has 2 N–H and O–H groups in total. The summed E-state index contributed by atoms with van der Waals surface area (Å²) in [6.45, 7) is 1.76. The van der Waals surface area contributed by atoms with Crippen molar-refractivity contribution in [1.29, 1.82) is 0 Å². The van der Waals surface area contributed by atoms with E-state index in [1.165, 1.54) is 27.5 Å². The first-order chi connectivity index (χ1) is 13.0. The third kappa shape index (κ3) is 5.62. The summed E-state index contributed by atoms with van der Waals surface area (Å²) >= 11 is 3.37. The summed E-state index contributed by atoms with van der Waals surface area (Å²) in [5.41, 5.74) is 4.05. The molecule has 1 atom stereocenters. The van der Waals surface area contributed by atoms with Crippen molar-refractivity contribution in [3.63, 3.8) is 0 Å². The lowest BCUT2D eigenvalue weighted by Gasteiger charge is -2.14. The first-order valence-corrected chi connectivity index (χ1v) is 8.92. The van der Waals surface area contributed by atoms with E-state index in [9.17, 15) is 4.79 Å². The lowest BCUT2D eigenvalue weighted by molar-refractivity contribution is -0.121. The summed E-state index contributed by atoms with van der Waals surface area (Å²) in [6.07, 6.45) is 1.51. The van der Waals surface area contributed by atoms with E-state index in [0.717, 1.165) is 10.2 Å². The van der Waals surface area contributed by atoms with Crippen LogP contribution in [-0.4, -0.2) is 39.5 Å². The Bertz CT molecular complexity index is 784. The number of amides is 1. The number of nitrogens with zero attached hydrogens (tertiary/aromatic N) is 1. The predicted molar refractivity (Wildman–Crippen MR) is 109 cm³/mol. The maximum atomic E-state index is 12.2. The van der Waals surface area contributed by atoms with Crippen LogP contribution in [0.15, 0.2) is 46.0 Å². The number of methoxy groups -OCH3 is 3. The topological polar surface area (TPSA) is 81.2 Å². The van der Waals surface area contributed by atoms with E-state index < -0.39 is 6.04 Å². The van der Waals surface area contributed by atoms with Gasteiger partial charge in [-0.1, -0.05) is 15.9 Å². The maximum absolute atomic E-state index is 12.2. The lowest BCUT2D eigenvalue weighted by Crippen LogP contribution is -2.34. The van der Waals surface area contributed by atoms with Crippen molar-refractivity contribution in [3.8, 4) is 17.2 Å². The molecule has 1 unspecified atom stereocenters. The highest BCUT2D eigenvalue weighted by molar-refractivity contribution is 9.10. The minimum atomic E-state index is -0.455. The number of nitrogens with one attached hydrogen (secondary N) is 2. The molecule has 0 spiro atoms. The molecule has 0 fully saturated rings. The van der Waals surface area contributed by atoms with Gasteiger partial charge in [0.15, 0.2) is 11.5 Å². The fourth-order valence-corrected chi connectivity index (χ4v) is 2.57. The van der Waals surface area contributed by atoms with Gasteiger partial charge >= 0.3 is 0 Å². The minimum Gasteiger partial charge on any atom is -0.493 e. The van der Waals surface area contributed by atoms with Gasteiger partial charge in [0, 0.05) is 15.7 Å². The number of anilines is 1. The highest BCUT2D eigenvalue weighted by Gasteiger charge is 2.13. The Morgan fingerprint density at radius 2 is 1.67 bits per heavy atom. The minimum absolute atomic E-state index is 0.262. The summed E-state index contributed by atoms with van der Waals surface area (Å²) in [6, 6.07) is 10.6. The Labute approximate surface area is 166 Å². The highest BCUT2D eigenvalue weighted by atomic mass is 79.9. The highest BCUT2D eigenvalue weighted by Crippen LogP contribution is 2.37. The van der Waals surface area contributed by atoms with Crippen molar-refractivity contribution in [2.24, 2.45) is 5.10 Å². The van der Waals surface area contributed by atoms with Gasteiger partial charge in [-0.25, -0.2) is 5.43 Å². The van der Waals surface area contributed by atoms with Gasteiger partial charge in [0.2, 0.25) is 5.75 Å². The molecular weight excluding hydrogens is 414 g/mol. The Balaban J connectivity index is 2.01. The van der Waals surface area contributed by atoms with Crippen molar-refractivity contribution in [2.45, 2.75) is 13.0 Å². The average molecular weight is 436 g/mol. The molecule has 8 heteroatoms. The Morgan fingerprint density at radius 3 is 2.19 bits per heavy atom. The molecule has 0 aliphatic carbocycles. The molecule has 0 aliphatic heterocycles. The van der Waals surface area contributed by atoms with Crippen molar-refractivity contribution in [3.05, 3.63) is 46.4 Å². The van der Waals surface area contributed by atoms with E-state index in [1.807, 2.05) is 24.3 Å². The second kappa shape index (κ2) is 9.82. The van der Waals surface area contributed by atoms with E-state index in [1.54, 1.807) is 19.1 Å². The number of hydrogen-bond donors (Lipinski definition) is 2. The molecule has 2 aromatic carbocycles. The van der Waals surface area contributed by atoms with Crippen LogP contribution in [0.5, 0.6) is 17.2 Å². The molecular formula is C19H22BrN3O4. The van der Waals surface area contributed by atoms with Crippen molar-refractivity contribution >= 4 is 33.7 Å². The molecule has 0 radical (unpaired) electrons. The van der Waals surface area contributed by atoms with E-state index in [0.29, 0.717) is 22.8 Å². The normalized spacial score (nSPS) is 11.7. The molecule has 0 heterocycles. The molecule has 0 saturated heterocycles. The first kappa shape index (κ1) is 20.6. The summed E-state index contributed by atoms with van der Waals surface area (Å²) in [5.74, 6) is 1.25. The second-order valence-electron chi connectivity index (χ2n) is 5.57. The summed E-state index contributed by atoms with van der Waals surface area (Å²) in [4.78, 5) is 12.2.